The molecule has 0 saturated carbocycles. The molecule has 0 saturated heterocycles. The fourth-order valence-corrected chi connectivity index (χ4v) is 2.85. The number of fused-ring (bicyclic) bond motifs is 1. The molecule has 2 aromatic heterocycles. The molecular formula is C15H15N3OS. The van der Waals surface area contributed by atoms with Crippen LogP contribution in [0.4, 0.5) is 5.95 Å². The highest BCUT2D eigenvalue weighted by molar-refractivity contribution is 7.10. The van der Waals surface area contributed by atoms with Gasteiger partial charge in [-0.05, 0) is 48.6 Å². The summed E-state index contributed by atoms with van der Waals surface area (Å²) in [5.74, 6) is 0.450. The van der Waals surface area contributed by atoms with Gasteiger partial charge in [0.1, 0.15) is 0 Å². The first-order valence-corrected chi connectivity index (χ1v) is 7.29. The molecule has 0 bridgehead atoms. The Bertz CT molecular complexity index is 772. The van der Waals surface area contributed by atoms with Crippen LogP contribution in [0.5, 0.6) is 0 Å². The second-order valence-electron chi connectivity index (χ2n) is 4.83. The maximum atomic E-state index is 12.0. The number of aromatic nitrogens is 2. The third kappa shape index (κ3) is 2.58. The summed E-state index contributed by atoms with van der Waals surface area (Å²) in [7, 11) is 0. The molecule has 0 aliphatic rings. The van der Waals surface area contributed by atoms with E-state index in [1.54, 1.807) is 11.3 Å². The van der Waals surface area contributed by atoms with Gasteiger partial charge in [-0.15, -0.1) is 11.3 Å². The Morgan fingerprint density at radius 1 is 1.35 bits per heavy atom. The molecule has 20 heavy (non-hydrogen) atoms. The molecule has 102 valence electrons. The van der Waals surface area contributed by atoms with Gasteiger partial charge in [-0.1, -0.05) is 6.07 Å². The highest BCUT2D eigenvalue weighted by atomic mass is 32.1. The van der Waals surface area contributed by atoms with Crippen molar-refractivity contribution in [3.8, 4) is 0 Å². The predicted octanol–water partition coefficient (Wildman–Crippen LogP) is 3.42. The lowest BCUT2D eigenvalue weighted by atomic mass is 10.2. The van der Waals surface area contributed by atoms with Gasteiger partial charge in [0.15, 0.2) is 0 Å². The first-order chi connectivity index (χ1) is 9.61. The molecule has 0 spiro atoms. The van der Waals surface area contributed by atoms with Gasteiger partial charge in [-0.3, -0.25) is 10.1 Å². The zero-order valence-corrected chi connectivity index (χ0v) is 12.2. The number of thiophene rings is 1. The van der Waals surface area contributed by atoms with Crippen molar-refractivity contribution in [3.63, 3.8) is 0 Å². The topological polar surface area (TPSA) is 57.8 Å². The number of amides is 1. The van der Waals surface area contributed by atoms with Gasteiger partial charge in [0, 0.05) is 4.88 Å². The molecule has 0 aliphatic heterocycles. The van der Waals surface area contributed by atoms with Crippen LogP contribution in [-0.2, 0) is 11.2 Å². The first-order valence-electron chi connectivity index (χ1n) is 6.41. The molecule has 3 rings (SSSR count). The van der Waals surface area contributed by atoms with E-state index in [9.17, 15) is 4.79 Å². The van der Waals surface area contributed by atoms with Gasteiger partial charge in [-0.2, -0.15) is 0 Å². The zero-order chi connectivity index (χ0) is 14.1. The molecule has 0 aliphatic carbocycles. The van der Waals surface area contributed by atoms with Gasteiger partial charge in [-0.25, -0.2) is 4.98 Å². The van der Waals surface area contributed by atoms with Crippen LogP contribution >= 0.6 is 11.3 Å². The number of H-pyrrole nitrogens is 1. The largest absolute Gasteiger partial charge is 0.324 e. The van der Waals surface area contributed by atoms with E-state index < -0.39 is 0 Å². The van der Waals surface area contributed by atoms with Crippen LogP contribution < -0.4 is 5.32 Å². The lowest BCUT2D eigenvalue weighted by Crippen LogP contribution is -2.15. The molecule has 2 N–H and O–H groups in total. The average Bonchev–Trinajstić information content (AvgIpc) is 2.95. The van der Waals surface area contributed by atoms with Crippen LogP contribution in [0.25, 0.3) is 11.0 Å². The number of nitrogens with zero attached hydrogens (tertiary/aromatic N) is 1. The van der Waals surface area contributed by atoms with E-state index >= 15 is 0 Å². The normalized spacial score (nSPS) is 10.9. The molecule has 5 heteroatoms. The SMILES string of the molecule is Cc1ccc2nc(NC(=O)Cc3ccsc3C)[nH]c2c1. The fourth-order valence-electron chi connectivity index (χ4n) is 2.13. The average molecular weight is 285 g/mol. The van der Waals surface area contributed by atoms with Crippen molar-refractivity contribution in [2.45, 2.75) is 20.3 Å². The number of carbonyl (C=O) groups is 1. The molecule has 0 radical (unpaired) electrons. The minimum absolute atomic E-state index is 0.0534. The number of anilines is 1. The van der Waals surface area contributed by atoms with E-state index in [0.717, 1.165) is 22.2 Å². The number of carbonyl (C=O) groups excluding carboxylic acids is 1. The number of hydrogen-bond donors (Lipinski definition) is 2. The minimum Gasteiger partial charge on any atom is -0.324 e. The van der Waals surface area contributed by atoms with Crippen LogP contribution in [0, 0.1) is 13.8 Å². The molecule has 0 unspecified atom stereocenters. The van der Waals surface area contributed by atoms with E-state index in [2.05, 4.69) is 15.3 Å². The van der Waals surface area contributed by atoms with E-state index in [4.69, 9.17) is 0 Å². The summed E-state index contributed by atoms with van der Waals surface area (Å²) in [5, 5.41) is 4.82. The molecule has 1 aromatic carbocycles. The van der Waals surface area contributed by atoms with Gasteiger partial charge < -0.3 is 4.98 Å². The molecule has 0 fully saturated rings. The summed E-state index contributed by atoms with van der Waals surface area (Å²) in [4.78, 5) is 20.7. The predicted molar refractivity (Wildman–Crippen MR) is 82.2 cm³/mol. The molecule has 4 nitrogen and oxygen atoms in total. The summed E-state index contributed by atoms with van der Waals surface area (Å²) in [6, 6.07) is 7.95. The van der Waals surface area contributed by atoms with Crippen LogP contribution in [0.3, 0.4) is 0 Å². The summed E-state index contributed by atoms with van der Waals surface area (Å²) in [6.45, 7) is 4.05. The fraction of sp³-hybridized carbons (Fsp3) is 0.200. The lowest BCUT2D eigenvalue weighted by Gasteiger charge is -2.01. The Balaban J connectivity index is 1.75. The van der Waals surface area contributed by atoms with Gasteiger partial charge in [0.25, 0.3) is 0 Å². The lowest BCUT2D eigenvalue weighted by molar-refractivity contribution is -0.115. The van der Waals surface area contributed by atoms with Crippen molar-refractivity contribution in [1.82, 2.24) is 9.97 Å². The Labute approximate surface area is 120 Å². The Morgan fingerprint density at radius 2 is 2.20 bits per heavy atom. The number of nitrogens with one attached hydrogen (secondary N) is 2. The molecule has 2 heterocycles. The smallest absolute Gasteiger partial charge is 0.231 e. The first kappa shape index (κ1) is 12.9. The number of aryl methyl sites for hydroxylation is 2. The molecule has 3 aromatic rings. The van der Waals surface area contributed by atoms with Crippen molar-refractivity contribution in [2.24, 2.45) is 0 Å². The third-order valence-corrected chi connectivity index (χ3v) is 4.10. The van der Waals surface area contributed by atoms with Gasteiger partial charge in [0.05, 0.1) is 17.5 Å². The number of hydrogen-bond acceptors (Lipinski definition) is 3. The highest BCUT2D eigenvalue weighted by Gasteiger charge is 2.10. The summed E-state index contributed by atoms with van der Waals surface area (Å²) < 4.78 is 0. The molecular weight excluding hydrogens is 270 g/mol. The van der Waals surface area contributed by atoms with Crippen LogP contribution in [-0.4, -0.2) is 15.9 Å². The monoisotopic (exact) mass is 285 g/mol. The zero-order valence-electron chi connectivity index (χ0n) is 11.4. The second-order valence-corrected chi connectivity index (χ2v) is 5.95. The molecule has 0 atom stereocenters. The number of aromatic amines is 1. The minimum atomic E-state index is -0.0534. The van der Waals surface area contributed by atoms with Crippen molar-refractivity contribution < 1.29 is 4.79 Å². The van der Waals surface area contributed by atoms with E-state index in [0.29, 0.717) is 12.4 Å². The van der Waals surface area contributed by atoms with Crippen molar-refractivity contribution in [2.75, 3.05) is 5.32 Å². The van der Waals surface area contributed by atoms with Crippen LogP contribution in [0.2, 0.25) is 0 Å². The Kier molecular flexibility index (Phi) is 3.28. The van der Waals surface area contributed by atoms with Crippen molar-refractivity contribution >= 4 is 34.2 Å². The Morgan fingerprint density at radius 3 is 2.95 bits per heavy atom. The van der Waals surface area contributed by atoms with E-state index in [-0.39, 0.29) is 5.91 Å². The van der Waals surface area contributed by atoms with Crippen molar-refractivity contribution in [3.05, 3.63) is 45.6 Å². The van der Waals surface area contributed by atoms with Crippen LogP contribution in [0.1, 0.15) is 16.0 Å². The quantitative estimate of drug-likeness (QED) is 0.774. The third-order valence-electron chi connectivity index (χ3n) is 3.21. The number of imidazole rings is 1. The van der Waals surface area contributed by atoms with Crippen LogP contribution in [0.15, 0.2) is 29.6 Å². The highest BCUT2D eigenvalue weighted by Crippen LogP contribution is 2.18. The summed E-state index contributed by atoms with van der Waals surface area (Å²) in [5.41, 5.74) is 4.03. The molecule has 1 amide bonds. The maximum Gasteiger partial charge on any atom is 0.231 e. The summed E-state index contributed by atoms with van der Waals surface area (Å²) >= 11 is 1.65. The van der Waals surface area contributed by atoms with E-state index in [1.807, 2.05) is 43.5 Å². The van der Waals surface area contributed by atoms with Gasteiger partial charge >= 0.3 is 0 Å². The standard InChI is InChI=1S/C15H15N3OS/c1-9-3-4-12-13(7-9)17-15(16-12)18-14(19)8-11-5-6-20-10(11)2/h3-7H,8H2,1-2H3,(H2,16,17,18,19). The Hall–Kier alpha value is -2.14. The maximum absolute atomic E-state index is 12.0. The van der Waals surface area contributed by atoms with Crippen molar-refractivity contribution in [1.29, 1.82) is 0 Å². The number of benzene rings is 1. The van der Waals surface area contributed by atoms with Gasteiger partial charge in [0.2, 0.25) is 11.9 Å². The number of rotatable bonds is 3. The second kappa shape index (κ2) is 5.09. The summed E-state index contributed by atoms with van der Waals surface area (Å²) in [6.07, 6.45) is 0.380. The van der Waals surface area contributed by atoms with E-state index in [1.165, 1.54) is 4.88 Å².